The maximum Gasteiger partial charge on any atom is 0.436 e. The Morgan fingerprint density at radius 3 is 1.40 bits per heavy atom. The van der Waals surface area contributed by atoms with Crippen molar-refractivity contribution < 1.29 is 22.0 Å². The molecule has 0 heterocycles. The van der Waals surface area contributed by atoms with Gasteiger partial charge < -0.3 is 0 Å². The van der Waals surface area contributed by atoms with E-state index in [2.05, 4.69) is 0 Å². The van der Waals surface area contributed by atoms with Crippen LogP contribution in [0.2, 0.25) is 0 Å². The van der Waals surface area contributed by atoms with E-state index in [1.54, 1.807) is 15.9 Å². The molecular weight excluding hydrogens is 291 g/mol. The third kappa shape index (κ3) is 2.05. The van der Waals surface area contributed by atoms with Crippen molar-refractivity contribution in [3.63, 3.8) is 0 Å². The summed E-state index contributed by atoms with van der Waals surface area (Å²) in [5.41, 5.74) is 0. The Hall–Kier alpha value is 0.610. The lowest BCUT2D eigenvalue weighted by atomic mass is 10.4. The Morgan fingerprint density at radius 2 is 1.40 bits per heavy atom. The predicted octanol–water partition coefficient (Wildman–Crippen LogP) is 3.30. The van der Waals surface area contributed by atoms with Crippen LogP contribution in [-0.4, -0.2) is 15.8 Å². The maximum absolute atomic E-state index is 12.1. The zero-order valence-electron chi connectivity index (χ0n) is 4.22. The summed E-state index contributed by atoms with van der Waals surface area (Å²) in [6, 6.07) is 0. The van der Waals surface area contributed by atoms with E-state index in [0.717, 1.165) is 0 Å². The minimum Gasteiger partial charge on any atom is -0.230 e. The van der Waals surface area contributed by atoms with Gasteiger partial charge in [0.1, 0.15) is 0 Å². The first-order valence-electron chi connectivity index (χ1n) is 1.92. The van der Waals surface area contributed by atoms with Gasteiger partial charge >= 0.3 is 6.18 Å². The van der Waals surface area contributed by atoms with Gasteiger partial charge in [0.2, 0.25) is 5.08 Å². The van der Waals surface area contributed by atoms with E-state index in [0.29, 0.717) is 0 Å². The highest BCUT2D eigenvalue weighted by atomic mass is 79.9. The number of halogens is 7. The lowest BCUT2D eigenvalue weighted by Crippen LogP contribution is -2.40. The molecule has 0 aliphatic heterocycles. The van der Waals surface area contributed by atoms with E-state index in [4.69, 9.17) is 0 Å². The zero-order valence-corrected chi connectivity index (χ0v) is 7.40. The highest BCUT2D eigenvalue weighted by Crippen LogP contribution is 2.44. The van der Waals surface area contributed by atoms with Crippen molar-refractivity contribution in [2.75, 3.05) is 0 Å². The first-order chi connectivity index (χ1) is 4.19. The van der Waals surface area contributed by atoms with Crippen LogP contribution < -0.4 is 0 Å². The highest BCUT2D eigenvalue weighted by Gasteiger charge is 2.59. The summed E-state index contributed by atoms with van der Waals surface area (Å²) in [7, 11) is 0. The second kappa shape index (κ2) is 2.92. The average molecular weight is 292 g/mol. The Bertz CT molecular complexity index is 117. The van der Waals surface area contributed by atoms with Gasteiger partial charge in [-0.25, -0.2) is 8.78 Å². The average Bonchev–Trinajstić information content (AvgIpc) is 1.62. The van der Waals surface area contributed by atoms with Crippen molar-refractivity contribution in [1.82, 2.24) is 0 Å². The normalized spacial score (nSPS) is 21.9. The molecule has 0 aromatic carbocycles. The predicted molar refractivity (Wildman–Crippen MR) is 32.6 cm³/mol. The summed E-state index contributed by atoms with van der Waals surface area (Å²) in [6.45, 7) is 0. The fourth-order valence-electron chi connectivity index (χ4n) is 0.124. The van der Waals surface area contributed by atoms with E-state index < -0.39 is 15.8 Å². The number of hydrogen-bond donors (Lipinski definition) is 0. The first-order valence-corrected chi connectivity index (χ1v) is 3.63. The topological polar surface area (TPSA) is 0 Å². The van der Waals surface area contributed by atoms with Crippen LogP contribution in [-0.2, 0) is 0 Å². The molecule has 2 atom stereocenters. The van der Waals surface area contributed by atoms with Crippen LogP contribution in [0.4, 0.5) is 22.0 Å². The van der Waals surface area contributed by atoms with Crippen LogP contribution >= 0.6 is 31.9 Å². The molecule has 0 rings (SSSR count). The molecule has 0 N–H and O–H groups in total. The number of rotatable bonds is 1. The molecule has 0 saturated carbocycles. The van der Waals surface area contributed by atoms with E-state index in [-0.39, 0.29) is 0 Å². The summed E-state index contributed by atoms with van der Waals surface area (Å²) in [5.74, 6) is 0. The fraction of sp³-hybridized carbons (Fsp3) is 1.00. The molecule has 0 fully saturated rings. The third-order valence-electron chi connectivity index (χ3n) is 0.652. The van der Waals surface area contributed by atoms with Gasteiger partial charge in [-0.2, -0.15) is 13.2 Å². The molecule has 0 aromatic heterocycles. The fourth-order valence-corrected chi connectivity index (χ4v) is 0.383. The smallest absolute Gasteiger partial charge is 0.230 e. The van der Waals surface area contributed by atoms with E-state index in [1.807, 2.05) is 15.9 Å². The largest absolute Gasteiger partial charge is 0.436 e. The Morgan fingerprint density at radius 1 is 1.10 bits per heavy atom. The van der Waals surface area contributed by atoms with Crippen molar-refractivity contribution in [2.24, 2.45) is 0 Å². The summed E-state index contributed by atoms with van der Waals surface area (Å²) >= 11 is 3.38. The highest BCUT2D eigenvalue weighted by molar-refractivity contribution is 9.12. The third-order valence-corrected chi connectivity index (χ3v) is 2.75. The minimum atomic E-state index is -5.25. The molecule has 0 amide bonds. The molecule has 0 radical (unpaired) electrons. The van der Waals surface area contributed by atoms with Crippen molar-refractivity contribution in [3.05, 3.63) is 0 Å². The molecule has 2 unspecified atom stereocenters. The number of hydrogen-bond acceptors (Lipinski definition) is 0. The summed E-state index contributed by atoms with van der Waals surface area (Å²) in [5, 5.41) is -2.81. The molecular formula is C3HBr2F5. The molecule has 0 saturated heterocycles. The van der Waals surface area contributed by atoms with Crippen LogP contribution in [0.3, 0.4) is 0 Å². The molecule has 7 heteroatoms. The first kappa shape index (κ1) is 10.6. The standard InChI is InChI=1S/C3HBr2F5/c4-1(6)2(5,7)3(8,9)10/h1H. The minimum absolute atomic E-state index is 1.55. The van der Waals surface area contributed by atoms with Crippen LogP contribution in [0, 0.1) is 0 Å². The molecule has 0 bridgehead atoms. The summed E-state index contributed by atoms with van der Waals surface area (Å²) in [4.78, 5) is 0. The van der Waals surface area contributed by atoms with E-state index >= 15 is 0 Å². The van der Waals surface area contributed by atoms with Crippen molar-refractivity contribution in [3.8, 4) is 0 Å². The van der Waals surface area contributed by atoms with Gasteiger partial charge in [-0.3, -0.25) is 0 Å². The van der Waals surface area contributed by atoms with Crippen LogP contribution in [0.25, 0.3) is 0 Å². The zero-order chi connectivity index (χ0) is 8.58. The van der Waals surface area contributed by atoms with Crippen LogP contribution in [0.1, 0.15) is 0 Å². The monoisotopic (exact) mass is 290 g/mol. The van der Waals surface area contributed by atoms with Crippen molar-refractivity contribution >= 4 is 31.9 Å². The van der Waals surface area contributed by atoms with E-state index in [1.165, 1.54) is 0 Å². The van der Waals surface area contributed by atoms with Crippen molar-refractivity contribution in [2.45, 2.75) is 15.8 Å². The van der Waals surface area contributed by atoms with Crippen molar-refractivity contribution in [1.29, 1.82) is 0 Å². The quantitative estimate of drug-likeness (QED) is 0.514. The van der Waals surface area contributed by atoms with Gasteiger partial charge in [0.25, 0.3) is 4.58 Å². The molecule has 0 aliphatic rings. The SMILES string of the molecule is FC(Br)C(F)(Br)C(F)(F)F. The van der Waals surface area contributed by atoms with Gasteiger partial charge in [0.05, 0.1) is 0 Å². The molecule has 10 heavy (non-hydrogen) atoms. The lowest BCUT2D eigenvalue weighted by Gasteiger charge is -2.21. The molecule has 0 aromatic rings. The second-order valence-corrected chi connectivity index (χ2v) is 3.38. The second-order valence-electron chi connectivity index (χ2n) is 1.42. The van der Waals surface area contributed by atoms with Crippen LogP contribution in [0.5, 0.6) is 0 Å². The Labute approximate surface area is 70.0 Å². The molecule has 62 valence electrons. The van der Waals surface area contributed by atoms with E-state index in [9.17, 15) is 22.0 Å². The molecule has 0 spiro atoms. The van der Waals surface area contributed by atoms with Gasteiger partial charge in [-0.05, 0) is 31.9 Å². The Kier molecular flexibility index (Phi) is 3.10. The molecule has 0 nitrogen and oxygen atoms in total. The van der Waals surface area contributed by atoms with Gasteiger partial charge in [-0.15, -0.1) is 0 Å². The summed E-state index contributed by atoms with van der Waals surface area (Å²) in [6.07, 6.45) is -5.25. The number of alkyl halides is 7. The summed E-state index contributed by atoms with van der Waals surface area (Å²) < 4.78 is 54.0. The maximum atomic E-state index is 12.1. The van der Waals surface area contributed by atoms with Gasteiger partial charge in [0, 0.05) is 0 Å². The van der Waals surface area contributed by atoms with Gasteiger partial charge in [0.15, 0.2) is 0 Å². The lowest BCUT2D eigenvalue weighted by molar-refractivity contribution is -0.198. The molecule has 0 aliphatic carbocycles. The van der Waals surface area contributed by atoms with Gasteiger partial charge in [-0.1, -0.05) is 0 Å². The van der Waals surface area contributed by atoms with Crippen LogP contribution in [0.15, 0.2) is 0 Å². The Balaban J connectivity index is 4.40.